The van der Waals surface area contributed by atoms with Gasteiger partial charge in [0, 0.05) is 25.2 Å². The minimum absolute atomic E-state index is 0.114. The van der Waals surface area contributed by atoms with E-state index < -0.39 is 6.04 Å². The van der Waals surface area contributed by atoms with E-state index in [1.54, 1.807) is 28.9 Å². The number of esters is 1. The Kier molecular flexibility index (Phi) is 7.82. The van der Waals surface area contributed by atoms with E-state index in [-0.39, 0.29) is 23.7 Å². The van der Waals surface area contributed by atoms with E-state index in [1.165, 1.54) is 21.3 Å². The summed E-state index contributed by atoms with van der Waals surface area (Å²) in [6.07, 6.45) is 2.78. The predicted molar refractivity (Wildman–Crippen MR) is 116 cm³/mol. The van der Waals surface area contributed by atoms with Crippen LogP contribution in [-0.4, -0.2) is 81.2 Å². The second kappa shape index (κ2) is 10.6. The molecule has 1 aromatic rings. The van der Waals surface area contributed by atoms with Gasteiger partial charge in [-0.1, -0.05) is 0 Å². The van der Waals surface area contributed by atoms with Crippen LogP contribution < -0.4 is 14.2 Å². The van der Waals surface area contributed by atoms with Gasteiger partial charge in [0.05, 0.1) is 33.9 Å². The average molecular weight is 449 g/mol. The Balaban J connectivity index is 1.78. The Morgan fingerprint density at radius 1 is 0.969 bits per heavy atom. The fraction of sp³-hybridized carbons (Fsp3) is 0.609. The lowest BCUT2D eigenvalue weighted by molar-refractivity contribution is -0.151. The van der Waals surface area contributed by atoms with Gasteiger partial charge in [0.1, 0.15) is 6.04 Å². The van der Waals surface area contributed by atoms with Gasteiger partial charge in [-0.25, -0.2) is 0 Å². The summed E-state index contributed by atoms with van der Waals surface area (Å²) in [6, 6.07) is 2.64. The van der Waals surface area contributed by atoms with Gasteiger partial charge in [0.15, 0.2) is 11.5 Å². The van der Waals surface area contributed by atoms with Gasteiger partial charge < -0.3 is 28.7 Å². The number of likely N-dealkylation sites (tertiary alicyclic amines) is 2. The van der Waals surface area contributed by atoms with Crippen molar-refractivity contribution in [1.29, 1.82) is 0 Å². The van der Waals surface area contributed by atoms with Crippen molar-refractivity contribution in [2.24, 2.45) is 5.92 Å². The second-order valence-electron chi connectivity index (χ2n) is 7.95. The molecular formula is C23H32N2O7. The van der Waals surface area contributed by atoms with Crippen LogP contribution in [0.15, 0.2) is 12.1 Å². The highest BCUT2D eigenvalue weighted by atomic mass is 16.5. The molecule has 2 saturated heterocycles. The zero-order valence-corrected chi connectivity index (χ0v) is 19.2. The molecule has 2 aliphatic rings. The Labute approximate surface area is 188 Å². The molecule has 2 unspecified atom stereocenters. The summed E-state index contributed by atoms with van der Waals surface area (Å²) in [5, 5.41) is 0. The number of carbonyl (C=O) groups excluding carboxylic acids is 3. The van der Waals surface area contributed by atoms with Gasteiger partial charge in [0.25, 0.3) is 5.91 Å². The van der Waals surface area contributed by atoms with Crippen LogP contribution in [0.1, 0.15) is 43.0 Å². The zero-order chi connectivity index (χ0) is 23.3. The zero-order valence-electron chi connectivity index (χ0n) is 19.2. The van der Waals surface area contributed by atoms with Crippen LogP contribution in [0.2, 0.25) is 0 Å². The summed E-state index contributed by atoms with van der Waals surface area (Å²) in [5.74, 6) is 0.210. The summed E-state index contributed by atoms with van der Waals surface area (Å²) in [7, 11) is 4.48. The first-order valence-electron chi connectivity index (χ1n) is 11.0. The van der Waals surface area contributed by atoms with Crippen LogP contribution in [0.5, 0.6) is 17.2 Å². The fourth-order valence-corrected chi connectivity index (χ4v) is 4.48. The maximum atomic E-state index is 13.4. The number of nitrogens with zero attached hydrogens (tertiary/aromatic N) is 2. The number of benzene rings is 1. The number of methoxy groups -OCH3 is 3. The maximum absolute atomic E-state index is 13.4. The van der Waals surface area contributed by atoms with Crippen LogP contribution in [0.4, 0.5) is 0 Å². The molecule has 0 radical (unpaired) electrons. The number of amides is 2. The van der Waals surface area contributed by atoms with Gasteiger partial charge in [-0.2, -0.15) is 0 Å². The van der Waals surface area contributed by atoms with Crippen molar-refractivity contribution in [3.05, 3.63) is 17.7 Å². The van der Waals surface area contributed by atoms with E-state index in [2.05, 4.69) is 0 Å². The summed E-state index contributed by atoms with van der Waals surface area (Å²) in [5.41, 5.74) is 0.363. The number of rotatable bonds is 7. The Morgan fingerprint density at radius 3 is 2.22 bits per heavy atom. The van der Waals surface area contributed by atoms with E-state index in [1.807, 2.05) is 0 Å². The molecule has 0 saturated carbocycles. The highest BCUT2D eigenvalue weighted by molar-refractivity contribution is 5.99. The Bertz CT molecular complexity index is 832. The van der Waals surface area contributed by atoms with Crippen LogP contribution >= 0.6 is 0 Å². The normalized spacial score (nSPS) is 20.6. The molecule has 0 spiro atoms. The topological polar surface area (TPSA) is 94.6 Å². The second-order valence-corrected chi connectivity index (χ2v) is 7.95. The van der Waals surface area contributed by atoms with Crippen molar-refractivity contribution in [2.75, 3.05) is 47.6 Å². The van der Waals surface area contributed by atoms with Gasteiger partial charge in [0.2, 0.25) is 11.7 Å². The molecule has 2 atom stereocenters. The summed E-state index contributed by atoms with van der Waals surface area (Å²) >= 11 is 0. The van der Waals surface area contributed by atoms with Crippen molar-refractivity contribution in [3.8, 4) is 17.2 Å². The molecule has 2 fully saturated rings. The van der Waals surface area contributed by atoms with Crippen molar-refractivity contribution >= 4 is 17.8 Å². The van der Waals surface area contributed by atoms with Crippen molar-refractivity contribution in [1.82, 2.24) is 9.80 Å². The largest absolute Gasteiger partial charge is 0.493 e. The monoisotopic (exact) mass is 448 g/mol. The van der Waals surface area contributed by atoms with Crippen molar-refractivity contribution in [3.63, 3.8) is 0 Å². The van der Waals surface area contributed by atoms with Gasteiger partial charge in [-0.3, -0.25) is 14.4 Å². The molecule has 2 amide bonds. The summed E-state index contributed by atoms with van der Waals surface area (Å²) in [4.78, 5) is 42.2. The third-order valence-corrected chi connectivity index (χ3v) is 6.06. The lowest BCUT2D eigenvalue weighted by Crippen LogP contribution is -2.51. The molecule has 176 valence electrons. The highest BCUT2D eigenvalue weighted by Gasteiger charge is 2.39. The smallest absolute Gasteiger partial charge is 0.310 e. The van der Waals surface area contributed by atoms with E-state index in [0.717, 1.165) is 12.8 Å². The minimum Gasteiger partial charge on any atom is -0.493 e. The summed E-state index contributed by atoms with van der Waals surface area (Å²) < 4.78 is 21.2. The van der Waals surface area contributed by atoms with E-state index in [9.17, 15) is 14.4 Å². The molecule has 0 aromatic heterocycles. The fourth-order valence-electron chi connectivity index (χ4n) is 4.48. The quantitative estimate of drug-likeness (QED) is 0.590. The number of hydrogen-bond donors (Lipinski definition) is 0. The number of ether oxygens (including phenoxy) is 4. The standard InChI is InChI=1S/C23H32N2O7/c1-5-32-23(28)15-8-6-10-24(14-15)22(27)17-9-7-11-25(17)21(26)16-12-18(29-2)20(31-4)19(13-16)30-3/h12-13,15,17H,5-11,14H2,1-4H3. The van der Waals surface area contributed by atoms with Crippen molar-refractivity contribution in [2.45, 2.75) is 38.6 Å². The first-order chi connectivity index (χ1) is 15.4. The number of piperidine rings is 1. The first-order valence-corrected chi connectivity index (χ1v) is 11.0. The number of carbonyl (C=O) groups is 3. The maximum Gasteiger partial charge on any atom is 0.310 e. The highest BCUT2D eigenvalue weighted by Crippen LogP contribution is 2.39. The third-order valence-electron chi connectivity index (χ3n) is 6.06. The molecular weight excluding hydrogens is 416 g/mol. The van der Waals surface area contributed by atoms with Gasteiger partial charge in [-0.15, -0.1) is 0 Å². The predicted octanol–water partition coefficient (Wildman–Crippen LogP) is 2.12. The lowest BCUT2D eigenvalue weighted by Gasteiger charge is -2.35. The minimum atomic E-state index is -0.553. The molecule has 3 rings (SSSR count). The van der Waals surface area contributed by atoms with Crippen molar-refractivity contribution < 1.29 is 33.3 Å². The van der Waals surface area contributed by atoms with Gasteiger partial charge in [-0.05, 0) is 44.7 Å². The average Bonchev–Trinajstić information content (AvgIpc) is 3.32. The van der Waals surface area contributed by atoms with Crippen LogP contribution in [0.25, 0.3) is 0 Å². The van der Waals surface area contributed by atoms with Gasteiger partial charge >= 0.3 is 5.97 Å². The van der Waals surface area contributed by atoms with Crippen LogP contribution in [-0.2, 0) is 14.3 Å². The number of hydrogen-bond acceptors (Lipinski definition) is 7. The molecule has 32 heavy (non-hydrogen) atoms. The molecule has 9 nitrogen and oxygen atoms in total. The van der Waals surface area contributed by atoms with E-state index >= 15 is 0 Å². The molecule has 9 heteroatoms. The van der Waals surface area contributed by atoms with E-state index in [4.69, 9.17) is 18.9 Å². The lowest BCUT2D eigenvalue weighted by atomic mass is 9.97. The molecule has 0 aliphatic carbocycles. The molecule has 2 aliphatic heterocycles. The Hall–Kier alpha value is -2.97. The SMILES string of the molecule is CCOC(=O)C1CCCN(C(=O)C2CCCN2C(=O)c2cc(OC)c(OC)c(OC)c2)C1. The van der Waals surface area contributed by atoms with Crippen LogP contribution in [0, 0.1) is 5.92 Å². The molecule has 1 aromatic carbocycles. The molecule has 2 heterocycles. The summed E-state index contributed by atoms with van der Waals surface area (Å²) in [6.45, 7) is 3.50. The van der Waals surface area contributed by atoms with E-state index in [0.29, 0.717) is 61.9 Å². The first kappa shape index (κ1) is 23.7. The molecule has 0 bridgehead atoms. The molecule has 0 N–H and O–H groups in total. The van der Waals surface area contributed by atoms with Crippen LogP contribution in [0.3, 0.4) is 0 Å². The Morgan fingerprint density at radius 2 is 1.62 bits per heavy atom. The third kappa shape index (κ3) is 4.76.